The second kappa shape index (κ2) is 10.5. The Morgan fingerprint density at radius 2 is 1.77 bits per heavy atom. The number of ether oxygens (including phenoxy) is 1. The van der Waals surface area contributed by atoms with Crippen LogP contribution in [0.2, 0.25) is 0 Å². The lowest BCUT2D eigenvalue weighted by Gasteiger charge is -2.31. The van der Waals surface area contributed by atoms with Crippen molar-refractivity contribution in [2.75, 3.05) is 13.2 Å². The Hall–Kier alpha value is -4.20. The Morgan fingerprint density at radius 3 is 2.59 bits per heavy atom. The number of aliphatic carboxylic acids is 1. The van der Waals surface area contributed by atoms with Crippen molar-refractivity contribution in [2.24, 2.45) is 5.92 Å². The first-order valence-corrected chi connectivity index (χ1v) is 13.7. The maximum atomic E-state index is 13.4. The SMILES string of the molecule is C[C@H](C(=O)O)[C@H]1c2ccc3c(c2)CN(CC3)C(=O)c2ccc(cc2)OCCCCCn2nnc3cc1ccc32. The van der Waals surface area contributed by atoms with E-state index < -0.39 is 11.9 Å². The fraction of sp³-hybridized carbons (Fsp3) is 0.355. The van der Waals surface area contributed by atoms with Crippen LogP contribution in [0, 0.1) is 5.92 Å². The summed E-state index contributed by atoms with van der Waals surface area (Å²) in [4.78, 5) is 27.4. The number of nitrogens with zero attached hydrogens (tertiary/aromatic N) is 4. The van der Waals surface area contributed by atoms with E-state index in [9.17, 15) is 14.7 Å². The molecule has 0 unspecified atom stereocenters. The third-order valence-corrected chi connectivity index (χ3v) is 8.06. The summed E-state index contributed by atoms with van der Waals surface area (Å²) >= 11 is 0. The van der Waals surface area contributed by atoms with Crippen LogP contribution in [0.25, 0.3) is 11.0 Å². The molecule has 9 rings (SSSR count). The summed E-state index contributed by atoms with van der Waals surface area (Å²) in [6, 6.07) is 19.6. The van der Waals surface area contributed by atoms with Gasteiger partial charge in [-0.3, -0.25) is 9.59 Å². The van der Waals surface area contributed by atoms with Gasteiger partial charge in [0.2, 0.25) is 0 Å². The molecule has 6 heterocycles. The number of carboxylic acid groups (broad SMARTS) is 1. The maximum absolute atomic E-state index is 13.4. The molecule has 1 amide bonds. The minimum absolute atomic E-state index is 0.0104. The standard InChI is InChI=1S/C31H32N4O4/c1-20(31(37)38)29-23-6-5-21-13-15-34(19-25(21)17-23)30(36)22-7-10-26(11-8-22)39-16-4-2-3-14-35-28-12-9-24(29)18-27(28)32-33-35/h5-12,17-18,20,29H,2-4,13-16,19H2,1H3,(H,37,38)/t20-,29-/m0/s1. The quantitative estimate of drug-likeness (QED) is 0.394. The van der Waals surface area contributed by atoms with E-state index >= 15 is 0 Å². The third-order valence-electron chi connectivity index (χ3n) is 8.06. The van der Waals surface area contributed by atoms with Gasteiger partial charge in [0.05, 0.1) is 18.0 Å². The summed E-state index contributed by atoms with van der Waals surface area (Å²) in [6.45, 7) is 4.25. The van der Waals surface area contributed by atoms with Crippen LogP contribution in [0.5, 0.6) is 5.75 Å². The van der Waals surface area contributed by atoms with E-state index in [1.807, 2.05) is 58.1 Å². The Bertz CT molecular complexity index is 1530. The van der Waals surface area contributed by atoms with Crippen LogP contribution in [-0.2, 0) is 24.3 Å². The number of carbonyl (C=O) groups is 2. The molecule has 0 spiro atoms. The van der Waals surface area contributed by atoms with E-state index in [-0.39, 0.29) is 11.8 Å². The van der Waals surface area contributed by atoms with E-state index in [0.717, 1.165) is 65.7 Å². The Labute approximate surface area is 227 Å². The van der Waals surface area contributed by atoms with Crippen LogP contribution in [0.4, 0.5) is 0 Å². The van der Waals surface area contributed by atoms with Gasteiger partial charge in [0, 0.05) is 31.1 Å². The molecule has 4 aromatic rings. The van der Waals surface area contributed by atoms with Gasteiger partial charge in [0.1, 0.15) is 11.3 Å². The fourth-order valence-corrected chi connectivity index (χ4v) is 5.81. The van der Waals surface area contributed by atoms with E-state index in [1.54, 1.807) is 6.92 Å². The van der Waals surface area contributed by atoms with Crippen molar-refractivity contribution >= 4 is 22.9 Å². The van der Waals surface area contributed by atoms with Gasteiger partial charge in [-0.15, -0.1) is 5.10 Å². The summed E-state index contributed by atoms with van der Waals surface area (Å²) in [5, 5.41) is 18.8. The molecule has 2 atom stereocenters. The van der Waals surface area contributed by atoms with Crippen LogP contribution < -0.4 is 4.74 Å². The van der Waals surface area contributed by atoms with Crippen molar-refractivity contribution < 1.29 is 19.4 Å². The minimum Gasteiger partial charge on any atom is -0.494 e. The van der Waals surface area contributed by atoms with Gasteiger partial charge < -0.3 is 14.7 Å². The molecule has 8 heteroatoms. The van der Waals surface area contributed by atoms with Crippen LogP contribution >= 0.6 is 0 Å². The smallest absolute Gasteiger partial charge is 0.307 e. The predicted molar refractivity (Wildman–Crippen MR) is 147 cm³/mol. The van der Waals surface area contributed by atoms with Crippen LogP contribution in [0.3, 0.4) is 0 Å². The molecule has 0 saturated heterocycles. The van der Waals surface area contributed by atoms with Gasteiger partial charge in [-0.2, -0.15) is 0 Å². The number of carbonyl (C=O) groups excluding carboxylic acids is 1. The number of rotatable bonds is 2. The Balaban J connectivity index is 1.41. The Kier molecular flexibility index (Phi) is 6.77. The summed E-state index contributed by atoms with van der Waals surface area (Å²) < 4.78 is 7.83. The highest BCUT2D eigenvalue weighted by Crippen LogP contribution is 2.36. The van der Waals surface area contributed by atoms with Crippen LogP contribution in [0.15, 0.2) is 60.7 Å². The zero-order chi connectivity index (χ0) is 26.9. The number of hydrogen-bond donors (Lipinski definition) is 1. The largest absolute Gasteiger partial charge is 0.494 e. The molecule has 3 aromatic carbocycles. The van der Waals surface area contributed by atoms with Gasteiger partial charge in [-0.1, -0.05) is 36.4 Å². The molecule has 0 fully saturated rings. The molecule has 8 nitrogen and oxygen atoms in total. The third kappa shape index (κ3) is 4.99. The van der Waals surface area contributed by atoms with Crippen LogP contribution in [-0.4, -0.2) is 50.0 Å². The number of aryl methyl sites for hydroxylation is 1. The molecule has 0 radical (unpaired) electrons. The molecule has 9 bridgehead atoms. The van der Waals surface area contributed by atoms with Crippen molar-refractivity contribution in [2.45, 2.75) is 51.6 Å². The maximum Gasteiger partial charge on any atom is 0.307 e. The first kappa shape index (κ1) is 25.1. The average Bonchev–Trinajstić information content (AvgIpc) is 3.36. The monoisotopic (exact) mass is 524 g/mol. The van der Waals surface area contributed by atoms with Crippen molar-refractivity contribution in [3.05, 3.63) is 88.5 Å². The zero-order valence-electron chi connectivity index (χ0n) is 22.0. The molecule has 1 aromatic heterocycles. The highest BCUT2D eigenvalue weighted by atomic mass is 16.5. The molecule has 0 aliphatic carbocycles. The first-order valence-electron chi connectivity index (χ1n) is 13.7. The Morgan fingerprint density at radius 1 is 0.974 bits per heavy atom. The number of aromatic nitrogens is 3. The highest BCUT2D eigenvalue weighted by Gasteiger charge is 2.29. The van der Waals surface area contributed by atoms with E-state index in [2.05, 4.69) is 22.4 Å². The number of amides is 1. The lowest BCUT2D eigenvalue weighted by molar-refractivity contribution is -0.141. The van der Waals surface area contributed by atoms with Crippen molar-refractivity contribution in [1.29, 1.82) is 0 Å². The molecule has 0 saturated carbocycles. The van der Waals surface area contributed by atoms with Gasteiger partial charge in [-0.25, -0.2) is 4.68 Å². The fourth-order valence-electron chi connectivity index (χ4n) is 5.81. The zero-order valence-corrected chi connectivity index (χ0v) is 22.0. The number of hydrogen-bond acceptors (Lipinski definition) is 5. The summed E-state index contributed by atoms with van der Waals surface area (Å²) in [6.07, 6.45) is 3.61. The minimum atomic E-state index is -0.854. The molecule has 200 valence electrons. The average molecular weight is 525 g/mol. The lowest BCUT2D eigenvalue weighted by Crippen LogP contribution is -2.36. The highest BCUT2D eigenvalue weighted by molar-refractivity contribution is 5.94. The van der Waals surface area contributed by atoms with Crippen molar-refractivity contribution in [3.63, 3.8) is 0 Å². The molecule has 5 aliphatic heterocycles. The summed E-state index contributed by atoms with van der Waals surface area (Å²) in [7, 11) is 0. The first-order chi connectivity index (χ1) is 19.0. The molecular weight excluding hydrogens is 492 g/mol. The van der Waals surface area contributed by atoms with Gasteiger partial charge in [0.25, 0.3) is 5.91 Å². The number of carboxylic acids is 1. The summed E-state index contributed by atoms with van der Waals surface area (Å²) in [5.41, 5.74) is 6.42. The lowest BCUT2D eigenvalue weighted by atomic mass is 9.80. The van der Waals surface area contributed by atoms with Gasteiger partial charge >= 0.3 is 5.97 Å². The predicted octanol–water partition coefficient (Wildman–Crippen LogP) is 5.05. The van der Waals surface area contributed by atoms with E-state index in [4.69, 9.17) is 4.74 Å². The topological polar surface area (TPSA) is 97.6 Å². The molecule has 5 aliphatic rings. The van der Waals surface area contributed by atoms with Gasteiger partial charge in [0.15, 0.2) is 0 Å². The molecular formula is C31H32N4O4. The van der Waals surface area contributed by atoms with E-state index in [0.29, 0.717) is 25.3 Å². The van der Waals surface area contributed by atoms with E-state index in [1.165, 1.54) is 5.56 Å². The molecule has 1 N–H and O–H groups in total. The number of benzene rings is 3. The second-order valence-corrected chi connectivity index (χ2v) is 10.6. The molecule has 39 heavy (non-hydrogen) atoms. The van der Waals surface area contributed by atoms with Crippen molar-refractivity contribution in [3.8, 4) is 5.75 Å². The second-order valence-electron chi connectivity index (χ2n) is 10.6. The summed E-state index contributed by atoms with van der Waals surface area (Å²) in [5.74, 6) is -1.11. The normalized spacial score (nSPS) is 18.6. The van der Waals surface area contributed by atoms with Crippen molar-refractivity contribution in [1.82, 2.24) is 19.9 Å². The van der Waals surface area contributed by atoms with Crippen LogP contribution in [0.1, 0.15) is 64.7 Å². The van der Waals surface area contributed by atoms with Gasteiger partial charge in [-0.05, 0) is 84.3 Å².